The van der Waals surface area contributed by atoms with Gasteiger partial charge in [0.05, 0.1) is 6.20 Å². The second kappa shape index (κ2) is 6.02. The summed E-state index contributed by atoms with van der Waals surface area (Å²) in [5.74, 6) is 0. The summed E-state index contributed by atoms with van der Waals surface area (Å²) >= 11 is 8.01. The van der Waals surface area contributed by atoms with Crippen molar-refractivity contribution < 1.29 is 4.74 Å². The molecule has 0 aromatic carbocycles. The molecule has 2 aromatic heterocycles. The molecular formula is C11H16ClIN4OSi. The van der Waals surface area contributed by atoms with E-state index in [0.29, 0.717) is 17.5 Å². The highest BCUT2D eigenvalue weighted by Gasteiger charge is 2.14. The van der Waals surface area contributed by atoms with Gasteiger partial charge in [0.2, 0.25) is 0 Å². The molecule has 2 heterocycles. The van der Waals surface area contributed by atoms with E-state index >= 15 is 0 Å². The molecule has 8 heteroatoms. The molecule has 0 spiro atoms. The fourth-order valence-electron chi connectivity index (χ4n) is 1.50. The molecule has 0 radical (unpaired) electrons. The minimum atomic E-state index is -1.06. The first-order valence-electron chi connectivity index (χ1n) is 5.99. The third-order valence-corrected chi connectivity index (χ3v) is 5.20. The van der Waals surface area contributed by atoms with Crippen LogP contribution in [0.4, 0.5) is 0 Å². The van der Waals surface area contributed by atoms with Crippen molar-refractivity contribution in [2.24, 2.45) is 0 Å². The Balaban J connectivity index is 2.07. The van der Waals surface area contributed by atoms with Gasteiger partial charge >= 0.3 is 0 Å². The summed E-state index contributed by atoms with van der Waals surface area (Å²) < 4.78 is 8.20. The predicted molar refractivity (Wildman–Crippen MR) is 87.2 cm³/mol. The van der Waals surface area contributed by atoms with E-state index < -0.39 is 8.07 Å². The molecule has 19 heavy (non-hydrogen) atoms. The van der Waals surface area contributed by atoms with E-state index in [9.17, 15) is 0 Å². The third-order valence-electron chi connectivity index (χ3n) is 2.58. The normalized spacial score (nSPS) is 12.3. The fraction of sp³-hybridized carbons (Fsp3) is 0.545. The minimum absolute atomic E-state index is 0.368. The highest BCUT2D eigenvalue weighted by atomic mass is 127. The van der Waals surface area contributed by atoms with Gasteiger partial charge in [-0.1, -0.05) is 31.2 Å². The van der Waals surface area contributed by atoms with Gasteiger partial charge < -0.3 is 4.74 Å². The lowest BCUT2D eigenvalue weighted by molar-refractivity contribution is 0.0810. The molecule has 0 aliphatic heterocycles. The molecule has 0 saturated heterocycles. The van der Waals surface area contributed by atoms with Crippen LogP contribution in [0.3, 0.4) is 0 Å². The van der Waals surface area contributed by atoms with Crippen LogP contribution in [0.5, 0.6) is 0 Å². The average Bonchev–Trinajstić information content (AvgIpc) is 2.60. The van der Waals surface area contributed by atoms with Crippen LogP contribution in [0, 0.1) is 3.70 Å². The highest BCUT2D eigenvalue weighted by molar-refractivity contribution is 14.1. The maximum atomic E-state index is 5.87. The van der Waals surface area contributed by atoms with Crippen LogP contribution in [0.1, 0.15) is 0 Å². The minimum Gasteiger partial charge on any atom is -0.359 e. The zero-order valence-electron chi connectivity index (χ0n) is 11.2. The lowest BCUT2D eigenvalue weighted by Crippen LogP contribution is -2.22. The SMILES string of the molecule is C[Si](C)(C)CCOCn1nc(I)c2ncc(Cl)nc21. The number of rotatable bonds is 5. The van der Waals surface area contributed by atoms with E-state index in [1.165, 1.54) is 6.20 Å². The van der Waals surface area contributed by atoms with Crippen LogP contribution in [0.15, 0.2) is 6.20 Å². The van der Waals surface area contributed by atoms with Gasteiger partial charge in [0.15, 0.2) is 9.35 Å². The van der Waals surface area contributed by atoms with Crippen molar-refractivity contribution in [3.63, 3.8) is 0 Å². The number of aromatic nitrogens is 4. The van der Waals surface area contributed by atoms with Gasteiger partial charge in [-0.15, -0.1) is 0 Å². The largest absolute Gasteiger partial charge is 0.359 e. The zero-order chi connectivity index (χ0) is 14.0. The van der Waals surface area contributed by atoms with Gasteiger partial charge in [-0.25, -0.2) is 14.6 Å². The first-order chi connectivity index (χ1) is 8.87. The molecule has 0 amide bonds. The number of halogens is 2. The first kappa shape index (κ1) is 15.1. The summed E-state index contributed by atoms with van der Waals surface area (Å²) in [6, 6.07) is 1.13. The van der Waals surface area contributed by atoms with E-state index in [4.69, 9.17) is 16.3 Å². The van der Waals surface area contributed by atoms with E-state index in [-0.39, 0.29) is 0 Å². The van der Waals surface area contributed by atoms with Crippen molar-refractivity contribution in [2.45, 2.75) is 32.4 Å². The Kier molecular flexibility index (Phi) is 4.80. The van der Waals surface area contributed by atoms with Gasteiger partial charge in [-0.2, -0.15) is 5.10 Å². The quantitative estimate of drug-likeness (QED) is 0.431. The number of hydrogen-bond acceptors (Lipinski definition) is 4. The molecule has 5 nitrogen and oxygen atoms in total. The molecule has 104 valence electrons. The van der Waals surface area contributed by atoms with E-state index in [2.05, 4.69) is 57.3 Å². The smallest absolute Gasteiger partial charge is 0.181 e. The van der Waals surface area contributed by atoms with Crippen LogP contribution < -0.4 is 0 Å². The van der Waals surface area contributed by atoms with Crippen molar-refractivity contribution in [1.82, 2.24) is 19.7 Å². The van der Waals surface area contributed by atoms with Gasteiger partial charge in [0.25, 0.3) is 0 Å². The number of fused-ring (bicyclic) bond motifs is 1. The Labute approximate surface area is 131 Å². The molecule has 2 rings (SSSR count). The monoisotopic (exact) mass is 410 g/mol. The van der Waals surface area contributed by atoms with Gasteiger partial charge in [0, 0.05) is 14.7 Å². The zero-order valence-corrected chi connectivity index (χ0v) is 15.1. The summed E-state index contributed by atoms with van der Waals surface area (Å²) in [5.41, 5.74) is 1.43. The Morgan fingerprint density at radius 1 is 1.42 bits per heavy atom. The van der Waals surface area contributed by atoms with Crippen LogP contribution in [-0.4, -0.2) is 34.4 Å². The maximum absolute atomic E-state index is 5.87. The molecule has 0 fully saturated rings. The molecular weight excluding hydrogens is 395 g/mol. The lowest BCUT2D eigenvalue weighted by Gasteiger charge is -2.15. The summed E-state index contributed by atoms with van der Waals surface area (Å²) in [6.45, 7) is 8.12. The van der Waals surface area contributed by atoms with Gasteiger partial charge in [-0.3, -0.25) is 0 Å². The van der Waals surface area contributed by atoms with Crippen LogP contribution >= 0.6 is 34.2 Å². The van der Waals surface area contributed by atoms with Crippen molar-refractivity contribution in [2.75, 3.05) is 6.61 Å². The Hall–Kier alpha value is -0.253. The summed E-state index contributed by atoms with van der Waals surface area (Å²) in [5, 5.41) is 4.74. The number of hydrogen-bond donors (Lipinski definition) is 0. The number of ether oxygens (including phenoxy) is 1. The molecule has 0 saturated carbocycles. The molecule has 2 aromatic rings. The van der Waals surface area contributed by atoms with Crippen LogP contribution in [-0.2, 0) is 11.5 Å². The third kappa shape index (κ3) is 4.10. The van der Waals surface area contributed by atoms with E-state index in [1.54, 1.807) is 4.68 Å². The summed E-state index contributed by atoms with van der Waals surface area (Å²) in [6.07, 6.45) is 1.53. The van der Waals surface area contributed by atoms with Crippen molar-refractivity contribution >= 4 is 53.4 Å². The van der Waals surface area contributed by atoms with Crippen LogP contribution in [0.25, 0.3) is 11.2 Å². The Morgan fingerprint density at radius 2 is 2.16 bits per heavy atom. The highest BCUT2D eigenvalue weighted by Crippen LogP contribution is 2.18. The Bertz CT molecular complexity index is 584. The van der Waals surface area contributed by atoms with Crippen molar-refractivity contribution in [3.8, 4) is 0 Å². The predicted octanol–water partition coefficient (Wildman–Crippen LogP) is 3.40. The van der Waals surface area contributed by atoms with Gasteiger partial charge in [0.1, 0.15) is 17.4 Å². The average molecular weight is 411 g/mol. The summed E-state index contributed by atoms with van der Waals surface area (Å²) in [4.78, 5) is 8.49. The second-order valence-electron chi connectivity index (χ2n) is 5.50. The molecule has 0 atom stereocenters. The van der Waals surface area contributed by atoms with E-state index in [0.717, 1.165) is 21.9 Å². The maximum Gasteiger partial charge on any atom is 0.181 e. The lowest BCUT2D eigenvalue weighted by atomic mass is 10.5. The fourth-order valence-corrected chi connectivity index (χ4v) is 3.03. The summed E-state index contributed by atoms with van der Waals surface area (Å²) in [7, 11) is -1.06. The topological polar surface area (TPSA) is 52.8 Å². The Morgan fingerprint density at radius 3 is 2.84 bits per heavy atom. The number of nitrogens with zero attached hydrogens (tertiary/aromatic N) is 4. The van der Waals surface area contributed by atoms with Crippen molar-refractivity contribution in [1.29, 1.82) is 0 Å². The van der Waals surface area contributed by atoms with Crippen LogP contribution in [0.2, 0.25) is 30.8 Å². The van der Waals surface area contributed by atoms with Gasteiger partial charge in [-0.05, 0) is 28.6 Å². The van der Waals surface area contributed by atoms with Crippen molar-refractivity contribution in [3.05, 3.63) is 15.1 Å². The molecule has 0 unspecified atom stereocenters. The molecule has 0 aliphatic rings. The van der Waals surface area contributed by atoms with E-state index in [1.807, 2.05) is 0 Å². The molecule has 0 aliphatic carbocycles. The molecule has 0 bridgehead atoms. The molecule has 0 N–H and O–H groups in total. The standard InChI is InChI=1S/C11H16ClIN4OSi/c1-19(2,3)5-4-18-7-17-11-9(10(13)16-17)14-6-8(12)15-11/h6H,4-5,7H2,1-3H3. The first-order valence-corrected chi connectivity index (χ1v) is 11.2. The second-order valence-corrected chi connectivity index (χ2v) is 12.5.